The topological polar surface area (TPSA) is 103 Å². The van der Waals surface area contributed by atoms with Crippen LogP contribution in [0.15, 0.2) is 88.8 Å². The number of fused-ring (bicyclic) bond motifs is 3. The molecule has 0 bridgehead atoms. The van der Waals surface area contributed by atoms with E-state index in [0.29, 0.717) is 23.2 Å². The summed E-state index contributed by atoms with van der Waals surface area (Å²) < 4.78 is 0. The number of amides is 3. The number of aryl methyl sites for hydroxylation is 1. The molecular weight excluding hydrogens is 498 g/mol. The first kappa shape index (κ1) is 25.4. The Bertz CT molecular complexity index is 1420. The molecule has 5 rings (SSSR count). The zero-order valence-electron chi connectivity index (χ0n) is 20.9. The second-order valence-electron chi connectivity index (χ2n) is 8.92. The molecule has 3 aromatic rings. The van der Waals surface area contributed by atoms with Crippen LogP contribution in [0, 0.1) is 0 Å². The molecule has 0 radical (unpaired) electrons. The number of hydrogen-bond donors (Lipinski definition) is 2. The van der Waals surface area contributed by atoms with Crippen LogP contribution in [-0.2, 0) is 27.3 Å². The summed E-state index contributed by atoms with van der Waals surface area (Å²) in [6.07, 6.45) is 0.853. The lowest BCUT2D eigenvalue weighted by molar-refractivity contribution is -0.126. The quantitative estimate of drug-likeness (QED) is 0.457. The van der Waals surface area contributed by atoms with E-state index in [9.17, 15) is 14.4 Å². The summed E-state index contributed by atoms with van der Waals surface area (Å²) in [5.74, 6) is -0.316. The number of anilines is 1. The van der Waals surface area contributed by atoms with Crippen LogP contribution in [-0.4, -0.2) is 45.4 Å². The second-order valence-corrected chi connectivity index (χ2v) is 9.87. The zero-order chi connectivity index (χ0) is 26.5. The van der Waals surface area contributed by atoms with Gasteiger partial charge in [-0.25, -0.2) is 4.99 Å². The number of carbonyl (C=O) groups is 3. The molecule has 38 heavy (non-hydrogen) atoms. The van der Waals surface area contributed by atoms with Crippen LogP contribution in [0.4, 0.5) is 11.4 Å². The number of para-hydroxylation sites is 1. The van der Waals surface area contributed by atoms with Gasteiger partial charge in [0.05, 0.1) is 17.9 Å². The molecule has 3 aromatic carbocycles. The van der Waals surface area contributed by atoms with Crippen LogP contribution in [0.2, 0.25) is 0 Å². The van der Waals surface area contributed by atoms with Crippen molar-refractivity contribution in [1.82, 2.24) is 10.2 Å². The van der Waals surface area contributed by atoms with Crippen LogP contribution in [0.25, 0.3) is 0 Å². The molecule has 0 aliphatic carbocycles. The number of hydrogen-bond acceptors (Lipinski definition) is 6. The van der Waals surface area contributed by atoms with Crippen molar-refractivity contribution in [3.8, 4) is 0 Å². The molecule has 1 atom stereocenters. The third-order valence-electron chi connectivity index (χ3n) is 6.30. The van der Waals surface area contributed by atoms with E-state index in [1.165, 1.54) is 17.3 Å². The smallest absolute Gasteiger partial charge is 0.271 e. The highest BCUT2D eigenvalue weighted by Crippen LogP contribution is 2.35. The lowest BCUT2D eigenvalue weighted by Gasteiger charge is -2.30. The summed E-state index contributed by atoms with van der Waals surface area (Å²) in [6.45, 7) is 2.44. The SMILES string of the molecule is CCc1ccc(NC(=O)CSC2=Nc3ccccc3C3=NC(=O)C(CC(=O)NCc4ccccc4)N23)cc1. The molecule has 192 valence electrons. The Morgan fingerprint density at radius 3 is 2.39 bits per heavy atom. The normalized spacial score (nSPS) is 15.8. The average Bonchev–Trinajstić information content (AvgIpc) is 3.27. The largest absolute Gasteiger partial charge is 0.352 e. The number of thioether (sulfide) groups is 1. The molecular formula is C29H27N5O3S. The van der Waals surface area contributed by atoms with E-state index < -0.39 is 11.9 Å². The minimum atomic E-state index is -0.829. The fourth-order valence-electron chi connectivity index (χ4n) is 4.30. The van der Waals surface area contributed by atoms with Crippen LogP contribution < -0.4 is 10.6 Å². The number of rotatable bonds is 8. The summed E-state index contributed by atoms with van der Waals surface area (Å²) in [4.78, 5) is 49.2. The van der Waals surface area contributed by atoms with Crippen LogP contribution in [0.1, 0.15) is 30.0 Å². The number of amidine groups is 2. The summed E-state index contributed by atoms with van der Waals surface area (Å²) >= 11 is 1.21. The molecule has 0 saturated carbocycles. The first-order valence-corrected chi connectivity index (χ1v) is 13.4. The summed E-state index contributed by atoms with van der Waals surface area (Å²) in [5.41, 5.74) is 4.27. The summed E-state index contributed by atoms with van der Waals surface area (Å²) in [6, 6.07) is 23.9. The molecule has 9 heteroatoms. The number of carbonyl (C=O) groups excluding carboxylic acids is 3. The van der Waals surface area contributed by atoms with Crippen LogP contribution in [0.5, 0.6) is 0 Å². The van der Waals surface area contributed by atoms with Gasteiger partial charge in [0, 0.05) is 17.8 Å². The van der Waals surface area contributed by atoms with E-state index in [4.69, 9.17) is 4.99 Å². The van der Waals surface area contributed by atoms with Crippen LogP contribution in [0.3, 0.4) is 0 Å². The van der Waals surface area contributed by atoms with Crippen molar-refractivity contribution in [3.05, 3.63) is 95.6 Å². The molecule has 3 amide bonds. The summed E-state index contributed by atoms with van der Waals surface area (Å²) in [5, 5.41) is 6.25. The number of nitrogens with zero attached hydrogens (tertiary/aromatic N) is 3. The van der Waals surface area contributed by atoms with Crippen molar-refractivity contribution in [2.24, 2.45) is 9.98 Å². The minimum absolute atomic E-state index is 0.0730. The Morgan fingerprint density at radius 1 is 0.895 bits per heavy atom. The molecule has 0 spiro atoms. The maximum absolute atomic E-state index is 13.0. The Morgan fingerprint density at radius 2 is 1.63 bits per heavy atom. The van der Waals surface area contributed by atoms with E-state index in [2.05, 4.69) is 22.5 Å². The third-order valence-corrected chi connectivity index (χ3v) is 7.25. The van der Waals surface area contributed by atoms with E-state index in [-0.39, 0.29) is 24.0 Å². The maximum atomic E-state index is 13.0. The Labute approximate surface area is 225 Å². The van der Waals surface area contributed by atoms with Crippen molar-refractivity contribution in [1.29, 1.82) is 0 Å². The van der Waals surface area contributed by atoms with Gasteiger partial charge >= 0.3 is 0 Å². The van der Waals surface area contributed by atoms with Gasteiger partial charge in [-0.05, 0) is 41.8 Å². The highest BCUT2D eigenvalue weighted by molar-refractivity contribution is 8.14. The van der Waals surface area contributed by atoms with Gasteiger partial charge in [-0.1, -0.05) is 73.3 Å². The van der Waals surface area contributed by atoms with Crippen LogP contribution >= 0.6 is 11.8 Å². The van der Waals surface area contributed by atoms with Gasteiger partial charge in [0.2, 0.25) is 11.8 Å². The zero-order valence-corrected chi connectivity index (χ0v) is 21.7. The Kier molecular flexibility index (Phi) is 7.65. The second kappa shape index (κ2) is 11.4. The first-order chi connectivity index (χ1) is 18.5. The Balaban J connectivity index is 1.30. The van der Waals surface area contributed by atoms with Crippen molar-refractivity contribution in [2.75, 3.05) is 11.1 Å². The highest BCUT2D eigenvalue weighted by Gasteiger charge is 2.42. The van der Waals surface area contributed by atoms with Gasteiger partial charge in [0.25, 0.3) is 5.91 Å². The standard InChI is InChI=1S/C29H27N5O3S/c1-2-19-12-14-21(15-13-19)31-26(36)18-38-29-32-23-11-7-6-10-22(23)27-33-28(37)24(34(27)29)16-25(35)30-17-20-8-4-3-5-9-20/h3-15,24H,2,16-18H2,1H3,(H,30,35)(H,31,36). The van der Waals surface area contributed by atoms with Gasteiger partial charge in [0.15, 0.2) is 5.17 Å². The molecule has 2 aliphatic heterocycles. The van der Waals surface area contributed by atoms with Crippen molar-refractivity contribution in [2.45, 2.75) is 32.4 Å². The molecule has 0 aromatic heterocycles. The molecule has 8 nitrogen and oxygen atoms in total. The molecule has 2 N–H and O–H groups in total. The van der Waals surface area contributed by atoms with E-state index in [1.54, 1.807) is 4.90 Å². The van der Waals surface area contributed by atoms with Gasteiger partial charge in [-0.2, -0.15) is 4.99 Å². The monoisotopic (exact) mass is 525 g/mol. The molecule has 0 saturated heterocycles. The number of aliphatic imine (C=N–C) groups is 2. The first-order valence-electron chi connectivity index (χ1n) is 12.4. The average molecular weight is 526 g/mol. The Hall–Kier alpha value is -4.24. The van der Waals surface area contributed by atoms with Gasteiger partial charge < -0.3 is 10.6 Å². The maximum Gasteiger partial charge on any atom is 0.271 e. The van der Waals surface area contributed by atoms with Gasteiger partial charge in [-0.3, -0.25) is 19.3 Å². The molecule has 2 aliphatic rings. The van der Waals surface area contributed by atoms with Crippen molar-refractivity contribution < 1.29 is 14.4 Å². The predicted molar refractivity (Wildman–Crippen MR) is 151 cm³/mol. The van der Waals surface area contributed by atoms with Crippen molar-refractivity contribution in [3.63, 3.8) is 0 Å². The van der Waals surface area contributed by atoms with E-state index in [1.807, 2.05) is 78.9 Å². The predicted octanol–water partition coefficient (Wildman–Crippen LogP) is 4.29. The lowest BCUT2D eigenvalue weighted by Crippen LogP contribution is -2.46. The molecule has 1 unspecified atom stereocenters. The number of nitrogens with one attached hydrogen (secondary N) is 2. The van der Waals surface area contributed by atoms with E-state index in [0.717, 1.165) is 23.2 Å². The van der Waals surface area contributed by atoms with Gasteiger partial charge in [0.1, 0.15) is 11.9 Å². The number of benzene rings is 3. The molecule has 0 fully saturated rings. The van der Waals surface area contributed by atoms with Gasteiger partial charge in [-0.15, -0.1) is 0 Å². The lowest BCUT2D eigenvalue weighted by atomic mass is 10.1. The highest BCUT2D eigenvalue weighted by atomic mass is 32.2. The van der Waals surface area contributed by atoms with Crippen molar-refractivity contribution >= 4 is 51.9 Å². The third kappa shape index (κ3) is 5.68. The fraction of sp³-hybridized carbons (Fsp3) is 0.207. The van der Waals surface area contributed by atoms with E-state index >= 15 is 0 Å². The molecule has 2 heterocycles. The summed E-state index contributed by atoms with van der Waals surface area (Å²) in [7, 11) is 0. The minimum Gasteiger partial charge on any atom is -0.352 e. The fourth-order valence-corrected chi connectivity index (χ4v) is 5.15.